The van der Waals surface area contributed by atoms with Crippen molar-refractivity contribution in [3.63, 3.8) is 0 Å². The predicted octanol–water partition coefficient (Wildman–Crippen LogP) is 1.49. The van der Waals surface area contributed by atoms with E-state index in [9.17, 15) is 13.2 Å². The summed E-state index contributed by atoms with van der Waals surface area (Å²) in [4.78, 5) is 19.3. The van der Waals surface area contributed by atoms with Gasteiger partial charge in [-0.1, -0.05) is 0 Å². The third-order valence-corrected chi connectivity index (χ3v) is 5.53. The summed E-state index contributed by atoms with van der Waals surface area (Å²) in [6.45, 7) is 1.83. The van der Waals surface area contributed by atoms with E-state index < -0.39 is 24.8 Å². The summed E-state index contributed by atoms with van der Waals surface area (Å²) < 4.78 is 27.2. The molecule has 0 saturated heterocycles. The van der Waals surface area contributed by atoms with Crippen LogP contribution in [0.2, 0.25) is 0 Å². The van der Waals surface area contributed by atoms with Gasteiger partial charge >= 0.3 is 6.09 Å². The number of hydrogen-bond acceptors (Lipinski definition) is 6. The standard InChI is InChI=1S/C10H8BrN3O4S2/c1-6-2-9(12-3-7(6)11)18-10(15)14-8-4-19(5-13-8)20(16)17/h2-5H,1H3,(H,14,15). The minimum absolute atomic E-state index is 0.136. The van der Waals surface area contributed by atoms with Gasteiger partial charge in [0.05, 0.1) is 5.55 Å². The van der Waals surface area contributed by atoms with Gasteiger partial charge in [-0.25, -0.2) is 14.8 Å². The Labute approximate surface area is 126 Å². The van der Waals surface area contributed by atoms with E-state index in [0.29, 0.717) is 0 Å². The van der Waals surface area contributed by atoms with Crippen molar-refractivity contribution >= 4 is 46.3 Å². The Kier molecular flexibility index (Phi) is 4.68. The molecular weight excluding hydrogens is 370 g/mol. The number of rotatable bonds is 2. The van der Waals surface area contributed by atoms with E-state index in [1.807, 2.05) is 6.92 Å². The molecule has 1 aliphatic rings. The second-order valence-corrected chi connectivity index (χ2v) is 7.89. The van der Waals surface area contributed by atoms with Crippen LogP contribution >= 0.6 is 15.9 Å². The van der Waals surface area contributed by atoms with Crippen molar-refractivity contribution in [3.8, 4) is 5.88 Å². The van der Waals surface area contributed by atoms with Crippen molar-refractivity contribution in [1.29, 1.82) is 0 Å². The van der Waals surface area contributed by atoms with Crippen LogP contribution in [0.3, 0.4) is 0 Å². The molecule has 2 heterocycles. The summed E-state index contributed by atoms with van der Waals surface area (Å²) in [6.07, 6.45) is 0.730. The molecule has 0 aromatic carbocycles. The molecule has 0 bridgehead atoms. The maximum atomic E-state index is 11.6. The van der Waals surface area contributed by atoms with E-state index in [0.717, 1.165) is 10.0 Å². The Morgan fingerprint density at radius 3 is 2.85 bits per heavy atom. The normalized spacial score (nSPS) is 16.7. The van der Waals surface area contributed by atoms with Crippen LogP contribution in [0.1, 0.15) is 5.56 Å². The molecule has 1 aromatic rings. The smallest absolute Gasteiger partial charge is 0.391 e. The molecule has 10 heteroatoms. The lowest BCUT2D eigenvalue weighted by Gasteiger charge is -2.05. The molecule has 2 rings (SSSR count). The van der Waals surface area contributed by atoms with Crippen molar-refractivity contribution in [2.75, 3.05) is 0 Å². The maximum absolute atomic E-state index is 11.6. The molecule has 0 aliphatic carbocycles. The first-order valence-corrected chi connectivity index (χ1v) is 8.88. The predicted molar refractivity (Wildman–Crippen MR) is 78.7 cm³/mol. The Balaban J connectivity index is 2.04. The third-order valence-electron chi connectivity index (χ3n) is 2.13. The van der Waals surface area contributed by atoms with Crippen LogP contribution in [0.5, 0.6) is 5.88 Å². The third kappa shape index (κ3) is 3.74. The van der Waals surface area contributed by atoms with Crippen molar-refractivity contribution in [2.24, 2.45) is 4.99 Å². The number of pyridine rings is 1. The molecule has 1 aromatic heterocycles. The van der Waals surface area contributed by atoms with Gasteiger partial charge in [-0.15, -0.1) is 0 Å². The highest BCUT2D eigenvalue weighted by Gasteiger charge is 2.12. The number of aliphatic imine (C=N–C) groups is 1. The van der Waals surface area contributed by atoms with Gasteiger partial charge < -0.3 is 4.74 Å². The van der Waals surface area contributed by atoms with Crippen LogP contribution < -0.4 is 10.1 Å². The van der Waals surface area contributed by atoms with Crippen molar-refractivity contribution in [1.82, 2.24) is 10.3 Å². The number of nitrogens with one attached hydrogen (secondary N) is 1. The van der Waals surface area contributed by atoms with E-state index in [4.69, 9.17) is 4.74 Å². The van der Waals surface area contributed by atoms with Crippen LogP contribution in [-0.2, 0) is 18.7 Å². The molecule has 20 heavy (non-hydrogen) atoms. The number of carbonyl (C=O) groups excluding carboxylic acids is 1. The van der Waals surface area contributed by atoms with E-state index >= 15 is 0 Å². The number of aromatic nitrogens is 1. The lowest BCUT2D eigenvalue weighted by atomic mass is 10.3. The van der Waals surface area contributed by atoms with E-state index in [1.165, 1.54) is 17.2 Å². The summed E-state index contributed by atoms with van der Waals surface area (Å²) in [7, 11) is -3.39. The summed E-state index contributed by atoms with van der Waals surface area (Å²) >= 11 is 3.28. The van der Waals surface area contributed by atoms with Crippen LogP contribution in [0.15, 0.2) is 33.0 Å². The molecule has 106 valence electrons. The molecule has 0 fully saturated rings. The first-order chi connectivity index (χ1) is 9.45. The zero-order valence-corrected chi connectivity index (χ0v) is 13.3. The summed E-state index contributed by atoms with van der Waals surface area (Å²) in [5.41, 5.74) is 2.10. The van der Waals surface area contributed by atoms with Crippen LogP contribution in [-0.4, -0.2) is 25.0 Å². The fourth-order valence-electron chi connectivity index (χ4n) is 1.21. The molecular formula is C10H8BrN3O4S2. The number of amides is 1. The molecule has 0 saturated carbocycles. The Bertz CT molecular complexity index is 763. The van der Waals surface area contributed by atoms with Crippen LogP contribution in [0, 0.1) is 6.92 Å². The lowest BCUT2D eigenvalue weighted by Crippen LogP contribution is -2.25. The maximum Gasteiger partial charge on any atom is 0.419 e. The molecule has 1 atom stereocenters. The molecule has 1 N–H and O–H groups in total. The fraction of sp³-hybridized carbons (Fsp3) is 0.100. The van der Waals surface area contributed by atoms with Crippen molar-refractivity contribution < 1.29 is 17.9 Å². The van der Waals surface area contributed by atoms with Gasteiger partial charge in [0.2, 0.25) is 15.1 Å². The van der Waals surface area contributed by atoms with Gasteiger partial charge in [0, 0.05) is 31.6 Å². The second-order valence-electron chi connectivity index (χ2n) is 3.56. The average molecular weight is 378 g/mol. The number of halogens is 1. The molecule has 0 radical (unpaired) electrons. The van der Waals surface area contributed by atoms with Crippen LogP contribution in [0.25, 0.3) is 0 Å². The summed E-state index contributed by atoms with van der Waals surface area (Å²) in [5.74, 6) is 0.272. The fourth-order valence-corrected chi connectivity index (χ4v) is 3.04. The molecule has 1 unspecified atom stereocenters. The highest BCUT2D eigenvalue weighted by atomic mass is 79.9. The minimum Gasteiger partial charge on any atom is -0.391 e. The van der Waals surface area contributed by atoms with E-state index in [2.05, 4.69) is 31.2 Å². The van der Waals surface area contributed by atoms with Gasteiger partial charge in [0.1, 0.15) is 5.82 Å². The highest BCUT2D eigenvalue weighted by molar-refractivity contribution is 9.10. The molecule has 1 aliphatic heterocycles. The average Bonchev–Trinajstić information content (AvgIpc) is 2.82. The minimum atomic E-state index is -2.28. The summed E-state index contributed by atoms with van der Waals surface area (Å²) in [6, 6.07) is 1.59. The van der Waals surface area contributed by atoms with Gasteiger partial charge in [0.15, 0.2) is 0 Å². The van der Waals surface area contributed by atoms with Crippen molar-refractivity contribution in [2.45, 2.75) is 6.92 Å². The SMILES string of the molecule is Cc1cc(OC(=O)NC2=CS(=S(=O)=O)C=N2)ncc1Br. The second kappa shape index (κ2) is 6.29. The quantitative estimate of drug-likeness (QED) is 0.841. The first-order valence-electron chi connectivity index (χ1n) is 5.14. The van der Waals surface area contributed by atoms with Gasteiger partial charge in [0.25, 0.3) is 0 Å². The number of aryl methyl sites for hydroxylation is 1. The monoisotopic (exact) mass is 377 g/mol. The van der Waals surface area contributed by atoms with Crippen LogP contribution in [0.4, 0.5) is 4.79 Å². The lowest BCUT2D eigenvalue weighted by molar-refractivity contribution is 0.201. The topological polar surface area (TPSA) is 97.7 Å². The first kappa shape index (κ1) is 14.9. The molecule has 0 spiro atoms. The zero-order chi connectivity index (χ0) is 14.7. The number of hydrogen-bond donors (Lipinski definition) is 1. The number of nitrogens with zero attached hydrogens (tertiary/aromatic N) is 2. The Morgan fingerprint density at radius 1 is 1.50 bits per heavy atom. The Hall–Kier alpha value is -1.52. The van der Waals surface area contributed by atoms with E-state index in [1.54, 1.807) is 6.07 Å². The van der Waals surface area contributed by atoms with Gasteiger partial charge in [-0.05, 0) is 28.4 Å². The number of ether oxygens (including phenoxy) is 1. The van der Waals surface area contributed by atoms with Crippen molar-refractivity contribution in [3.05, 3.63) is 33.5 Å². The van der Waals surface area contributed by atoms with E-state index in [-0.39, 0.29) is 11.7 Å². The van der Waals surface area contributed by atoms with Gasteiger partial charge in [-0.2, -0.15) is 8.42 Å². The molecule has 1 amide bonds. The summed E-state index contributed by atoms with van der Waals surface area (Å²) in [5, 5.41) is 3.65. The highest BCUT2D eigenvalue weighted by Crippen LogP contribution is 2.18. The largest absolute Gasteiger partial charge is 0.419 e. The molecule has 7 nitrogen and oxygen atoms in total. The Morgan fingerprint density at radius 2 is 2.25 bits per heavy atom. The van der Waals surface area contributed by atoms with Gasteiger partial charge in [-0.3, -0.25) is 5.32 Å². The number of carbonyl (C=O) groups is 1. The zero-order valence-electron chi connectivity index (χ0n) is 10.0.